The molecule has 0 amide bonds. The molecule has 0 spiro atoms. The van der Waals surface area contributed by atoms with Gasteiger partial charge in [-0.15, -0.1) is 0 Å². The highest BCUT2D eigenvalue weighted by Crippen LogP contribution is 2.21. The summed E-state index contributed by atoms with van der Waals surface area (Å²) >= 11 is 0. The maximum absolute atomic E-state index is 11.0. The molecule has 0 bridgehead atoms. The van der Waals surface area contributed by atoms with Crippen LogP contribution in [0.2, 0.25) is 0 Å². The van der Waals surface area contributed by atoms with Crippen LogP contribution in [0.15, 0.2) is 34.7 Å². The van der Waals surface area contributed by atoms with Crippen molar-refractivity contribution in [3.63, 3.8) is 0 Å². The standard InChI is InChI=1S/C13H15NO4S/c1-10-12(8-9-17-19(2,15)16)14-13(18-10)11-6-4-3-5-7-11/h3-7H,8-9H2,1-2H3/i9D2. The molecule has 0 aliphatic rings. The van der Waals surface area contributed by atoms with Crippen molar-refractivity contribution in [2.75, 3.05) is 12.8 Å². The lowest BCUT2D eigenvalue weighted by molar-refractivity contribution is 0.324. The Morgan fingerprint density at radius 3 is 2.68 bits per heavy atom. The molecule has 0 radical (unpaired) electrons. The van der Waals surface area contributed by atoms with Gasteiger partial charge in [0.05, 0.1) is 21.3 Å². The quantitative estimate of drug-likeness (QED) is 0.786. The third-order valence-corrected chi connectivity index (χ3v) is 2.78. The Morgan fingerprint density at radius 1 is 1.37 bits per heavy atom. The minimum absolute atomic E-state index is 0.317. The number of hydrogen-bond acceptors (Lipinski definition) is 5. The second kappa shape index (κ2) is 5.54. The molecule has 0 unspecified atom stereocenters. The van der Waals surface area contributed by atoms with Crippen molar-refractivity contribution in [1.29, 1.82) is 0 Å². The van der Waals surface area contributed by atoms with Crippen LogP contribution in [-0.2, 0) is 20.7 Å². The predicted octanol–water partition coefficient (Wildman–Crippen LogP) is 2.17. The first-order valence-electron chi connectivity index (χ1n) is 6.59. The van der Waals surface area contributed by atoms with Crippen molar-refractivity contribution in [2.45, 2.75) is 13.3 Å². The molecule has 6 heteroatoms. The van der Waals surface area contributed by atoms with Gasteiger partial charge in [0.2, 0.25) is 5.89 Å². The van der Waals surface area contributed by atoms with E-state index in [9.17, 15) is 8.42 Å². The Balaban J connectivity index is 2.24. The van der Waals surface area contributed by atoms with Crippen molar-refractivity contribution in [2.24, 2.45) is 0 Å². The van der Waals surface area contributed by atoms with Crippen LogP contribution in [0.3, 0.4) is 0 Å². The number of oxazole rings is 1. The van der Waals surface area contributed by atoms with Crippen molar-refractivity contribution >= 4 is 10.1 Å². The Kier molecular flexibility index (Phi) is 3.26. The van der Waals surface area contributed by atoms with Gasteiger partial charge in [0.15, 0.2) is 0 Å². The van der Waals surface area contributed by atoms with Gasteiger partial charge in [-0.05, 0) is 19.1 Å². The van der Waals surface area contributed by atoms with Gasteiger partial charge in [-0.2, -0.15) is 8.42 Å². The summed E-state index contributed by atoms with van der Waals surface area (Å²) in [4.78, 5) is 4.21. The monoisotopic (exact) mass is 283 g/mol. The first-order chi connectivity index (χ1) is 9.66. The highest BCUT2D eigenvalue weighted by molar-refractivity contribution is 7.85. The van der Waals surface area contributed by atoms with E-state index in [2.05, 4.69) is 9.17 Å². The van der Waals surface area contributed by atoms with Gasteiger partial charge < -0.3 is 4.42 Å². The van der Waals surface area contributed by atoms with E-state index in [1.54, 1.807) is 6.92 Å². The summed E-state index contributed by atoms with van der Waals surface area (Å²) in [6.07, 6.45) is 0.484. The molecule has 5 nitrogen and oxygen atoms in total. The molecule has 0 saturated heterocycles. The summed E-state index contributed by atoms with van der Waals surface area (Å²) in [7, 11) is -3.89. The fraction of sp³-hybridized carbons (Fsp3) is 0.308. The molecule has 1 aromatic heterocycles. The van der Waals surface area contributed by atoms with E-state index in [1.807, 2.05) is 30.3 Å². The van der Waals surface area contributed by atoms with E-state index in [1.165, 1.54) is 0 Å². The number of aryl methyl sites for hydroxylation is 2. The summed E-state index contributed by atoms with van der Waals surface area (Å²) < 4.78 is 47.2. The van der Waals surface area contributed by atoms with Gasteiger partial charge in [-0.1, -0.05) is 18.2 Å². The number of hydrogen-bond donors (Lipinski definition) is 0. The van der Waals surface area contributed by atoms with Crippen molar-refractivity contribution < 1.29 is 19.8 Å². The van der Waals surface area contributed by atoms with E-state index in [0.717, 1.165) is 11.8 Å². The van der Waals surface area contributed by atoms with Crippen LogP contribution in [0.1, 0.15) is 14.2 Å². The lowest BCUT2D eigenvalue weighted by atomic mass is 10.2. The third kappa shape index (κ3) is 3.90. The predicted molar refractivity (Wildman–Crippen MR) is 71.2 cm³/mol. The largest absolute Gasteiger partial charge is 0.441 e. The SMILES string of the molecule is [2H]C([2H])(Cc1nc(-c2ccccc2)oc1C)OS(C)(=O)=O. The van der Waals surface area contributed by atoms with Gasteiger partial charge in [0.25, 0.3) is 10.1 Å². The first-order valence-corrected chi connectivity index (χ1v) is 7.40. The number of benzene rings is 1. The summed E-state index contributed by atoms with van der Waals surface area (Å²) in [5, 5.41) is 0. The average molecular weight is 283 g/mol. The number of aromatic nitrogens is 1. The van der Waals surface area contributed by atoms with Gasteiger partial charge in [0.1, 0.15) is 5.76 Å². The second-order valence-corrected chi connectivity index (χ2v) is 5.57. The van der Waals surface area contributed by atoms with Crippen LogP contribution in [0.4, 0.5) is 0 Å². The van der Waals surface area contributed by atoms with Crippen molar-refractivity contribution in [1.82, 2.24) is 4.98 Å². The lowest BCUT2D eigenvalue weighted by Gasteiger charge is -1.98. The van der Waals surface area contributed by atoms with Crippen molar-refractivity contribution in [3.05, 3.63) is 41.8 Å². The summed E-state index contributed by atoms with van der Waals surface area (Å²) in [6.45, 7) is -0.728. The Hall–Kier alpha value is -1.66. The van der Waals surface area contributed by atoms with Crippen LogP contribution in [0.5, 0.6) is 0 Å². The molecule has 19 heavy (non-hydrogen) atoms. The maximum Gasteiger partial charge on any atom is 0.264 e. The minimum atomic E-state index is -3.89. The van der Waals surface area contributed by atoms with Crippen LogP contribution in [0, 0.1) is 6.92 Å². The molecule has 2 aromatic rings. The van der Waals surface area contributed by atoms with Crippen LogP contribution in [-0.4, -0.2) is 26.2 Å². The zero-order valence-electron chi connectivity index (χ0n) is 12.6. The molecule has 0 saturated carbocycles. The molecule has 1 heterocycles. The fourth-order valence-electron chi connectivity index (χ4n) is 1.50. The van der Waals surface area contributed by atoms with Gasteiger partial charge >= 0.3 is 0 Å². The highest BCUT2D eigenvalue weighted by Gasteiger charge is 2.12. The summed E-state index contributed by atoms with van der Waals surface area (Å²) in [5.74, 6) is 0.785. The van der Waals surface area contributed by atoms with Crippen LogP contribution >= 0.6 is 0 Å². The number of rotatable bonds is 5. The Labute approximate surface area is 115 Å². The molecular formula is C13H15NO4S. The van der Waals surface area contributed by atoms with E-state index in [-0.39, 0.29) is 6.42 Å². The summed E-state index contributed by atoms with van der Waals surface area (Å²) in [6, 6.07) is 9.16. The fourth-order valence-corrected chi connectivity index (χ4v) is 1.77. The van der Waals surface area contributed by atoms with Crippen LogP contribution in [0.25, 0.3) is 11.5 Å². The molecule has 0 atom stereocenters. The first kappa shape index (κ1) is 11.2. The number of nitrogens with zero attached hydrogens (tertiary/aromatic N) is 1. The van der Waals surface area contributed by atoms with E-state index in [4.69, 9.17) is 7.16 Å². The normalized spacial score (nSPS) is 14.0. The van der Waals surface area contributed by atoms with Gasteiger partial charge in [-0.25, -0.2) is 4.98 Å². The maximum atomic E-state index is 11.0. The summed E-state index contributed by atoms with van der Waals surface area (Å²) in [5.41, 5.74) is 1.08. The molecule has 0 N–H and O–H groups in total. The van der Waals surface area contributed by atoms with E-state index < -0.39 is 16.7 Å². The molecule has 102 valence electrons. The average Bonchev–Trinajstić information content (AvgIpc) is 2.68. The van der Waals surface area contributed by atoms with Gasteiger partial charge in [0, 0.05) is 12.0 Å². The molecular weight excluding hydrogens is 266 g/mol. The molecule has 2 rings (SSSR count). The van der Waals surface area contributed by atoms with E-state index >= 15 is 0 Å². The van der Waals surface area contributed by atoms with E-state index in [0.29, 0.717) is 17.3 Å². The smallest absolute Gasteiger partial charge is 0.264 e. The Morgan fingerprint density at radius 2 is 2.05 bits per heavy atom. The zero-order valence-corrected chi connectivity index (χ0v) is 11.4. The molecule has 0 aliphatic heterocycles. The molecule has 0 fully saturated rings. The lowest BCUT2D eigenvalue weighted by Crippen LogP contribution is -2.06. The Bertz CT molecular complexity index is 726. The molecule has 1 aromatic carbocycles. The van der Waals surface area contributed by atoms with Crippen LogP contribution < -0.4 is 0 Å². The second-order valence-electron chi connectivity index (χ2n) is 4.00. The van der Waals surface area contributed by atoms with Crippen molar-refractivity contribution in [3.8, 4) is 11.5 Å². The highest BCUT2D eigenvalue weighted by atomic mass is 32.2. The molecule has 0 aliphatic carbocycles. The zero-order chi connectivity index (χ0) is 15.7. The van der Waals surface area contributed by atoms with Gasteiger partial charge in [-0.3, -0.25) is 4.18 Å². The topological polar surface area (TPSA) is 69.4 Å². The third-order valence-electron chi connectivity index (χ3n) is 2.36. The minimum Gasteiger partial charge on any atom is -0.441 e.